The number of amides is 2. The number of furan rings is 1. The van der Waals surface area contributed by atoms with Crippen molar-refractivity contribution in [2.45, 2.75) is 51.5 Å². The fourth-order valence-corrected chi connectivity index (χ4v) is 3.78. The lowest BCUT2D eigenvalue weighted by Gasteiger charge is -2.35. The molecule has 1 aromatic heterocycles. The maximum Gasteiger partial charge on any atom is 0.257 e. The summed E-state index contributed by atoms with van der Waals surface area (Å²) in [6.07, 6.45) is 9.46. The lowest BCUT2D eigenvalue weighted by atomic mass is 9.85. The van der Waals surface area contributed by atoms with E-state index in [2.05, 4.69) is 12.2 Å². The predicted molar refractivity (Wildman–Crippen MR) is 86.9 cm³/mol. The van der Waals surface area contributed by atoms with E-state index in [1.165, 1.54) is 31.8 Å². The zero-order valence-electron chi connectivity index (χ0n) is 13.8. The molecule has 1 saturated heterocycles. The van der Waals surface area contributed by atoms with Gasteiger partial charge in [0.2, 0.25) is 5.91 Å². The van der Waals surface area contributed by atoms with Gasteiger partial charge in [-0.1, -0.05) is 19.8 Å². The van der Waals surface area contributed by atoms with Gasteiger partial charge in [0.1, 0.15) is 6.26 Å². The lowest BCUT2D eigenvalue weighted by Crippen LogP contribution is -2.49. The number of carbonyl (C=O) groups excluding carboxylic acids is 2. The highest BCUT2D eigenvalue weighted by molar-refractivity contribution is 5.94. The van der Waals surface area contributed by atoms with Gasteiger partial charge in [-0.15, -0.1) is 0 Å². The second-order valence-corrected chi connectivity index (χ2v) is 6.98. The summed E-state index contributed by atoms with van der Waals surface area (Å²) in [4.78, 5) is 26.8. The quantitative estimate of drug-likeness (QED) is 0.932. The summed E-state index contributed by atoms with van der Waals surface area (Å²) < 4.78 is 4.99. The molecule has 0 aromatic carbocycles. The number of nitrogens with zero attached hydrogens (tertiary/aromatic N) is 1. The molecule has 2 heterocycles. The maximum absolute atomic E-state index is 12.6. The second kappa shape index (κ2) is 7.20. The largest absolute Gasteiger partial charge is 0.472 e. The molecule has 3 rings (SSSR count). The Hall–Kier alpha value is -1.78. The van der Waals surface area contributed by atoms with Gasteiger partial charge in [-0.05, 0) is 37.7 Å². The summed E-state index contributed by atoms with van der Waals surface area (Å²) >= 11 is 0. The number of rotatable bonds is 3. The van der Waals surface area contributed by atoms with Crippen LogP contribution in [0.1, 0.15) is 55.8 Å². The molecule has 1 aliphatic carbocycles. The Bertz CT molecular complexity index is 540. The SMILES string of the molecule is C[C@@H]1CCCC[C@@H]1NC(=O)[C@H]1CCCN(C(=O)c2ccoc2)C1. The van der Waals surface area contributed by atoms with E-state index in [4.69, 9.17) is 4.42 Å². The predicted octanol–water partition coefficient (Wildman–Crippen LogP) is 2.83. The molecule has 5 heteroatoms. The molecule has 2 fully saturated rings. The summed E-state index contributed by atoms with van der Waals surface area (Å²) in [6, 6.07) is 1.98. The van der Waals surface area contributed by atoms with Crippen LogP contribution in [-0.2, 0) is 4.79 Å². The third-order valence-corrected chi connectivity index (χ3v) is 5.29. The smallest absolute Gasteiger partial charge is 0.257 e. The summed E-state index contributed by atoms with van der Waals surface area (Å²) in [6.45, 7) is 3.45. The van der Waals surface area contributed by atoms with Crippen LogP contribution in [0, 0.1) is 11.8 Å². The highest BCUT2D eigenvalue weighted by Gasteiger charge is 2.31. The fraction of sp³-hybridized carbons (Fsp3) is 0.667. The van der Waals surface area contributed by atoms with Gasteiger partial charge >= 0.3 is 0 Å². The monoisotopic (exact) mass is 318 g/mol. The molecule has 126 valence electrons. The normalized spacial score (nSPS) is 28.4. The molecule has 1 N–H and O–H groups in total. The zero-order valence-corrected chi connectivity index (χ0v) is 13.8. The minimum absolute atomic E-state index is 0.0396. The van der Waals surface area contributed by atoms with Crippen LogP contribution in [0.2, 0.25) is 0 Å². The van der Waals surface area contributed by atoms with E-state index in [1.807, 2.05) is 0 Å². The molecule has 1 saturated carbocycles. The standard InChI is InChI=1S/C18H26N2O3/c1-13-5-2-3-7-16(13)19-17(21)14-6-4-9-20(11-14)18(22)15-8-10-23-12-15/h8,10,12-14,16H,2-7,9,11H2,1H3,(H,19,21)/t13-,14+,16+/m1/s1. The lowest BCUT2D eigenvalue weighted by molar-refractivity contribution is -0.127. The van der Waals surface area contributed by atoms with Gasteiger partial charge in [0, 0.05) is 19.1 Å². The molecule has 0 radical (unpaired) electrons. The van der Waals surface area contributed by atoms with Crippen LogP contribution in [0.25, 0.3) is 0 Å². The summed E-state index contributed by atoms with van der Waals surface area (Å²) in [5.41, 5.74) is 0.562. The highest BCUT2D eigenvalue weighted by atomic mass is 16.3. The average Bonchev–Trinajstić information content (AvgIpc) is 3.11. The number of likely N-dealkylation sites (tertiary alicyclic amines) is 1. The van der Waals surface area contributed by atoms with E-state index in [-0.39, 0.29) is 17.7 Å². The third-order valence-electron chi connectivity index (χ3n) is 5.29. The number of carbonyl (C=O) groups is 2. The van der Waals surface area contributed by atoms with Crippen LogP contribution in [0.5, 0.6) is 0 Å². The number of hydrogen-bond acceptors (Lipinski definition) is 3. The van der Waals surface area contributed by atoms with E-state index in [9.17, 15) is 9.59 Å². The Kier molecular flexibility index (Phi) is 5.03. The zero-order chi connectivity index (χ0) is 16.2. The van der Waals surface area contributed by atoms with Gasteiger partial charge < -0.3 is 14.6 Å². The first-order valence-electron chi connectivity index (χ1n) is 8.77. The van der Waals surface area contributed by atoms with Crippen molar-refractivity contribution in [3.05, 3.63) is 24.2 Å². The van der Waals surface area contributed by atoms with E-state index in [0.717, 1.165) is 19.3 Å². The van der Waals surface area contributed by atoms with Crippen molar-refractivity contribution >= 4 is 11.8 Å². The van der Waals surface area contributed by atoms with Gasteiger partial charge in [0.25, 0.3) is 5.91 Å². The summed E-state index contributed by atoms with van der Waals surface area (Å²) in [5, 5.41) is 3.24. The van der Waals surface area contributed by atoms with Crippen molar-refractivity contribution in [2.75, 3.05) is 13.1 Å². The first-order chi connectivity index (χ1) is 11.1. The molecule has 23 heavy (non-hydrogen) atoms. The molecule has 2 aliphatic rings. The molecule has 3 atom stereocenters. The van der Waals surface area contributed by atoms with Crippen molar-refractivity contribution in [3.8, 4) is 0 Å². The number of nitrogens with one attached hydrogen (secondary N) is 1. The van der Waals surface area contributed by atoms with Crippen LogP contribution in [0.15, 0.2) is 23.0 Å². The molecule has 1 aromatic rings. The van der Waals surface area contributed by atoms with Gasteiger partial charge in [-0.2, -0.15) is 0 Å². The maximum atomic E-state index is 12.6. The second-order valence-electron chi connectivity index (χ2n) is 6.98. The van der Waals surface area contributed by atoms with Crippen LogP contribution in [0.3, 0.4) is 0 Å². The molecular weight excluding hydrogens is 292 g/mol. The topological polar surface area (TPSA) is 62.6 Å². The third kappa shape index (κ3) is 3.77. The van der Waals surface area contributed by atoms with Crippen LogP contribution in [0.4, 0.5) is 0 Å². The molecule has 0 spiro atoms. The van der Waals surface area contributed by atoms with Crippen molar-refractivity contribution in [1.29, 1.82) is 0 Å². The molecule has 2 amide bonds. The minimum atomic E-state index is -0.0891. The van der Waals surface area contributed by atoms with Gasteiger partial charge in [-0.3, -0.25) is 9.59 Å². The van der Waals surface area contributed by atoms with Gasteiger partial charge in [0.15, 0.2) is 0 Å². The summed E-state index contributed by atoms with van der Waals surface area (Å²) in [7, 11) is 0. The Labute approximate surface area is 137 Å². The fourth-order valence-electron chi connectivity index (χ4n) is 3.78. The van der Waals surface area contributed by atoms with E-state index in [0.29, 0.717) is 30.6 Å². The van der Waals surface area contributed by atoms with Crippen LogP contribution < -0.4 is 5.32 Å². The highest BCUT2D eigenvalue weighted by Crippen LogP contribution is 2.25. The van der Waals surface area contributed by atoms with Crippen LogP contribution >= 0.6 is 0 Å². The van der Waals surface area contributed by atoms with Crippen molar-refractivity contribution in [3.63, 3.8) is 0 Å². The Morgan fingerprint density at radius 3 is 2.78 bits per heavy atom. The van der Waals surface area contributed by atoms with Gasteiger partial charge in [0.05, 0.1) is 17.7 Å². The average molecular weight is 318 g/mol. The van der Waals surface area contributed by atoms with Gasteiger partial charge in [-0.25, -0.2) is 0 Å². The summed E-state index contributed by atoms with van der Waals surface area (Å²) in [5.74, 6) is 0.546. The van der Waals surface area contributed by atoms with Crippen molar-refractivity contribution in [2.24, 2.45) is 11.8 Å². The molecule has 5 nitrogen and oxygen atoms in total. The number of piperidine rings is 1. The van der Waals surface area contributed by atoms with E-state index >= 15 is 0 Å². The first kappa shape index (κ1) is 16.1. The van der Waals surface area contributed by atoms with E-state index < -0.39 is 0 Å². The van der Waals surface area contributed by atoms with Crippen molar-refractivity contribution < 1.29 is 14.0 Å². The number of hydrogen-bond donors (Lipinski definition) is 1. The van der Waals surface area contributed by atoms with Crippen molar-refractivity contribution in [1.82, 2.24) is 10.2 Å². The molecule has 0 bridgehead atoms. The molecule has 1 aliphatic heterocycles. The first-order valence-corrected chi connectivity index (χ1v) is 8.77. The van der Waals surface area contributed by atoms with Crippen LogP contribution in [-0.4, -0.2) is 35.8 Å². The Morgan fingerprint density at radius 2 is 2.04 bits per heavy atom. The molecular formula is C18H26N2O3. The van der Waals surface area contributed by atoms with E-state index in [1.54, 1.807) is 11.0 Å². The Morgan fingerprint density at radius 1 is 1.22 bits per heavy atom. The molecule has 0 unspecified atom stereocenters. The Balaban J connectivity index is 1.57. The minimum Gasteiger partial charge on any atom is -0.472 e.